The molecule has 1 N–H and O–H groups in total. The maximum absolute atomic E-state index is 12.6. The summed E-state index contributed by atoms with van der Waals surface area (Å²) in [7, 11) is 2.89. The molecule has 1 aliphatic carbocycles. The Hall–Kier alpha value is -2.66. The van der Waals surface area contributed by atoms with Crippen molar-refractivity contribution in [1.29, 1.82) is 0 Å². The average Bonchev–Trinajstić information content (AvgIpc) is 2.77. The van der Waals surface area contributed by atoms with Gasteiger partial charge in [0.1, 0.15) is 0 Å². The summed E-state index contributed by atoms with van der Waals surface area (Å²) >= 11 is 0. The lowest BCUT2D eigenvalue weighted by atomic mass is 9.63. The standard InChI is InChI=1S/C28H36O5/c1-27(2)13-14-28(3,4)23-16-19(9-12-22(23)27)15-21(25(32-5)26(31)33-6)20-10-7-18(8-11-20)17-24(29)30/h7-12,16,21,25H,13-15,17H2,1-6H3,(H,29,30). The number of carbonyl (C=O) groups excluding carboxylic acids is 1. The highest BCUT2D eigenvalue weighted by molar-refractivity contribution is 5.76. The molecule has 33 heavy (non-hydrogen) atoms. The Morgan fingerprint density at radius 2 is 1.48 bits per heavy atom. The summed E-state index contributed by atoms with van der Waals surface area (Å²) in [5.74, 6) is -1.56. The first-order valence-corrected chi connectivity index (χ1v) is 11.5. The third kappa shape index (κ3) is 5.47. The van der Waals surface area contributed by atoms with Gasteiger partial charge in [-0.1, -0.05) is 70.2 Å². The molecule has 1 aliphatic rings. The Bertz CT molecular complexity index is 1000. The van der Waals surface area contributed by atoms with E-state index in [2.05, 4.69) is 45.9 Å². The first-order valence-electron chi connectivity index (χ1n) is 11.5. The molecule has 0 aromatic heterocycles. The number of carboxylic acid groups (broad SMARTS) is 1. The molecular weight excluding hydrogens is 416 g/mol. The van der Waals surface area contributed by atoms with Crippen LogP contribution in [0, 0.1) is 0 Å². The van der Waals surface area contributed by atoms with Crippen LogP contribution in [0.5, 0.6) is 0 Å². The number of fused-ring (bicyclic) bond motifs is 1. The quantitative estimate of drug-likeness (QED) is 0.559. The Labute approximate surface area is 197 Å². The molecule has 3 rings (SSSR count). The van der Waals surface area contributed by atoms with Crippen molar-refractivity contribution in [1.82, 2.24) is 0 Å². The fourth-order valence-electron chi connectivity index (χ4n) is 5.01. The third-order valence-corrected chi connectivity index (χ3v) is 7.19. The second kappa shape index (κ2) is 9.68. The molecular formula is C28H36O5. The van der Waals surface area contributed by atoms with Crippen molar-refractivity contribution in [3.8, 4) is 0 Å². The fourth-order valence-corrected chi connectivity index (χ4v) is 5.01. The molecule has 0 spiro atoms. The van der Waals surface area contributed by atoms with Gasteiger partial charge in [-0.25, -0.2) is 4.79 Å². The monoisotopic (exact) mass is 452 g/mol. The number of rotatable bonds is 8. The highest BCUT2D eigenvalue weighted by Gasteiger charge is 2.37. The minimum Gasteiger partial charge on any atom is -0.481 e. The molecule has 5 heteroatoms. The number of carbonyl (C=O) groups is 2. The number of esters is 1. The molecule has 2 aromatic rings. The van der Waals surface area contributed by atoms with E-state index in [1.165, 1.54) is 25.3 Å². The van der Waals surface area contributed by atoms with Crippen molar-refractivity contribution in [2.45, 2.75) is 76.2 Å². The summed E-state index contributed by atoms with van der Waals surface area (Å²) < 4.78 is 10.6. The summed E-state index contributed by atoms with van der Waals surface area (Å²) in [4.78, 5) is 23.6. The minimum absolute atomic E-state index is 0.0364. The summed E-state index contributed by atoms with van der Waals surface area (Å²) in [6.45, 7) is 9.21. The summed E-state index contributed by atoms with van der Waals surface area (Å²) in [6, 6.07) is 14.1. The minimum atomic E-state index is -0.872. The van der Waals surface area contributed by atoms with Crippen LogP contribution < -0.4 is 0 Å². The number of methoxy groups -OCH3 is 2. The van der Waals surface area contributed by atoms with Crippen molar-refractivity contribution in [3.05, 3.63) is 70.3 Å². The second-order valence-corrected chi connectivity index (χ2v) is 10.4. The van der Waals surface area contributed by atoms with Crippen LogP contribution in [0.15, 0.2) is 42.5 Å². The number of ether oxygens (including phenoxy) is 2. The van der Waals surface area contributed by atoms with Crippen LogP contribution in [0.3, 0.4) is 0 Å². The SMILES string of the molecule is COC(=O)C(OC)C(Cc1ccc2c(c1)C(C)(C)CCC2(C)C)c1ccc(CC(=O)O)cc1. The Kier molecular flexibility index (Phi) is 7.32. The normalized spacial score (nSPS) is 18.1. The van der Waals surface area contributed by atoms with Gasteiger partial charge in [0.25, 0.3) is 0 Å². The zero-order chi connectivity index (χ0) is 24.4. The number of aliphatic carboxylic acids is 1. The lowest BCUT2D eigenvalue weighted by Gasteiger charge is -2.42. The fraction of sp³-hybridized carbons (Fsp3) is 0.500. The molecule has 0 saturated carbocycles. The zero-order valence-corrected chi connectivity index (χ0v) is 20.6. The van der Waals surface area contributed by atoms with E-state index in [1.54, 1.807) is 12.1 Å². The van der Waals surface area contributed by atoms with Crippen molar-refractivity contribution >= 4 is 11.9 Å². The molecule has 0 aliphatic heterocycles. The van der Waals surface area contributed by atoms with Gasteiger partial charge in [0.2, 0.25) is 0 Å². The molecule has 0 heterocycles. The van der Waals surface area contributed by atoms with Gasteiger partial charge in [-0.2, -0.15) is 0 Å². The second-order valence-electron chi connectivity index (χ2n) is 10.4. The highest BCUT2D eigenvalue weighted by Crippen LogP contribution is 2.46. The van der Waals surface area contributed by atoms with E-state index < -0.39 is 18.0 Å². The van der Waals surface area contributed by atoms with Crippen LogP contribution >= 0.6 is 0 Å². The van der Waals surface area contributed by atoms with E-state index in [-0.39, 0.29) is 23.2 Å². The van der Waals surface area contributed by atoms with Crippen molar-refractivity contribution in [2.24, 2.45) is 0 Å². The van der Waals surface area contributed by atoms with Gasteiger partial charge in [0.05, 0.1) is 13.5 Å². The first kappa shape index (κ1) is 25.0. The zero-order valence-electron chi connectivity index (χ0n) is 20.6. The number of benzene rings is 2. The van der Waals surface area contributed by atoms with Crippen molar-refractivity contribution in [3.63, 3.8) is 0 Å². The van der Waals surface area contributed by atoms with E-state index in [0.717, 1.165) is 29.5 Å². The van der Waals surface area contributed by atoms with Crippen LogP contribution in [0.4, 0.5) is 0 Å². The van der Waals surface area contributed by atoms with E-state index in [9.17, 15) is 9.59 Å². The van der Waals surface area contributed by atoms with E-state index in [4.69, 9.17) is 14.6 Å². The van der Waals surface area contributed by atoms with Crippen LogP contribution in [0.1, 0.15) is 74.3 Å². The number of carboxylic acids is 1. The van der Waals surface area contributed by atoms with E-state index in [0.29, 0.717) is 6.42 Å². The summed E-state index contributed by atoms with van der Waals surface area (Å²) in [5.41, 5.74) is 5.78. The van der Waals surface area contributed by atoms with Crippen molar-refractivity contribution in [2.75, 3.05) is 14.2 Å². The molecule has 2 atom stereocenters. The van der Waals surface area contributed by atoms with Crippen LogP contribution in [0.25, 0.3) is 0 Å². The highest BCUT2D eigenvalue weighted by atomic mass is 16.6. The molecule has 0 amide bonds. The average molecular weight is 453 g/mol. The van der Waals surface area contributed by atoms with Gasteiger partial charge in [0, 0.05) is 13.0 Å². The summed E-state index contributed by atoms with van der Waals surface area (Å²) in [6.07, 6.45) is 2.10. The molecule has 0 bridgehead atoms. The lowest BCUT2D eigenvalue weighted by molar-refractivity contribution is -0.153. The van der Waals surface area contributed by atoms with Gasteiger partial charge in [-0.05, 0) is 57.9 Å². The molecule has 0 radical (unpaired) electrons. The van der Waals surface area contributed by atoms with Gasteiger partial charge in [-0.15, -0.1) is 0 Å². The van der Waals surface area contributed by atoms with Gasteiger partial charge in [0.15, 0.2) is 6.10 Å². The van der Waals surface area contributed by atoms with E-state index >= 15 is 0 Å². The largest absolute Gasteiger partial charge is 0.481 e. The molecule has 2 unspecified atom stereocenters. The molecule has 0 fully saturated rings. The smallest absolute Gasteiger partial charge is 0.335 e. The van der Waals surface area contributed by atoms with Crippen molar-refractivity contribution < 1.29 is 24.2 Å². The molecule has 178 valence electrons. The maximum atomic E-state index is 12.6. The molecule has 0 saturated heterocycles. The predicted octanol–water partition coefficient (Wildman–Crippen LogP) is 5.18. The lowest BCUT2D eigenvalue weighted by Crippen LogP contribution is -2.34. The first-order chi connectivity index (χ1) is 15.5. The van der Waals surface area contributed by atoms with Crippen LogP contribution in [0.2, 0.25) is 0 Å². The van der Waals surface area contributed by atoms with Gasteiger partial charge >= 0.3 is 11.9 Å². The summed E-state index contributed by atoms with van der Waals surface area (Å²) in [5, 5.41) is 9.07. The van der Waals surface area contributed by atoms with Gasteiger partial charge in [-0.3, -0.25) is 4.79 Å². The predicted molar refractivity (Wildman–Crippen MR) is 129 cm³/mol. The molecule has 5 nitrogen and oxygen atoms in total. The Balaban J connectivity index is 2.00. The molecule has 2 aromatic carbocycles. The van der Waals surface area contributed by atoms with E-state index in [1.807, 2.05) is 12.1 Å². The number of hydrogen-bond acceptors (Lipinski definition) is 4. The maximum Gasteiger partial charge on any atom is 0.335 e. The van der Waals surface area contributed by atoms with Gasteiger partial charge < -0.3 is 14.6 Å². The Morgan fingerprint density at radius 3 is 2.03 bits per heavy atom. The topological polar surface area (TPSA) is 72.8 Å². The number of hydrogen-bond donors (Lipinski definition) is 1. The third-order valence-electron chi connectivity index (χ3n) is 7.19. The van der Waals surface area contributed by atoms with Crippen LogP contribution in [-0.4, -0.2) is 37.4 Å². The van der Waals surface area contributed by atoms with Crippen LogP contribution in [-0.2, 0) is 42.7 Å². The Morgan fingerprint density at radius 1 is 0.909 bits per heavy atom.